The van der Waals surface area contributed by atoms with E-state index in [2.05, 4.69) is 66.2 Å². The zero-order valence-electron chi connectivity index (χ0n) is 8.92. The van der Waals surface area contributed by atoms with Crippen molar-refractivity contribution in [1.82, 2.24) is 0 Å². The van der Waals surface area contributed by atoms with Crippen molar-refractivity contribution >= 4 is 15.9 Å². The Balaban J connectivity index is 2.64. The van der Waals surface area contributed by atoms with Crippen LogP contribution in [0.25, 0.3) is 11.1 Å². The van der Waals surface area contributed by atoms with Gasteiger partial charge in [-0.1, -0.05) is 46.3 Å². The fraction of sp³-hybridized carbons (Fsp3) is 0.143. The van der Waals surface area contributed by atoms with E-state index in [-0.39, 0.29) is 0 Å². The minimum atomic E-state index is 1.15. The van der Waals surface area contributed by atoms with Crippen LogP contribution in [0.3, 0.4) is 0 Å². The molecular formula is C14H13Br. The first kappa shape index (κ1) is 10.4. The van der Waals surface area contributed by atoms with Gasteiger partial charge in [0.25, 0.3) is 0 Å². The normalized spacial score (nSPS) is 10.3. The van der Waals surface area contributed by atoms with E-state index < -0.39 is 0 Å². The van der Waals surface area contributed by atoms with Gasteiger partial charge in [-0.15, -0.1) is 0 Å². The van der Waals surface area contributed by atoms with Crippen LogP contribution >= 0.6 is 15.9 Å². The highest BCUT2D eigenvalue weighted by Gasteiger charge is 2.05. The van der Waals surface area contributed by atoms with Crippen molar-refractivity contribution < 1.29 is 0 Å². The maximum absolute atomic E-state index is 3.52. The average molecular weight is 261 g/mol. The zero-order chi connectivity index (χ0) is 10.8. The maximum Gasteiger partial charge on any atom is 0.0180 e. The molecule has 0 N–H and O–H groups in total. The van der Waals surface area contributed by atoms with Crippen molar-refractivity contribution in [2.24, 2.45) is 0 Å². The van der Waals surface area contributed by atoms with Crippen LogP contribution in [0.15, 0.2) is 46.9 Å². The third kappa shape index (κ3) is 2.13. The van der Waals surface area contributed by atoms with Gasteiger partial charge >= 0.3 is 0 Å². The van der Waals surface area contributed by atoms with Crippen LogP contribution < -0.4 is 0 Å². The highest BCUT2D eigenvalue weighted by molar-refractivity contribution is 9.10. The Morgan fingerprint density at radius 3 is 1.93 bits per heavy atom. The maximum atomic E-state index is 3.52. The van der Waals surface area contributed by atoms with Gasteiger partial charge in [0.1, 0.15) is 0 Å². The summed E-state index contributed by atoms with van der Waals surface area (Å²) in [5.41, 5.74) is 5.26. The van der Waals surface area contributed by atoms with Gasteiger partial charge in [0.15, 0.2) is 0 Å². The number of hydrogen-bond acceptors (Lipinski definition) is 0. The fourth-order valence-corrected chi connectivity index (χ4v) is 2.66. The van der Waals surface area contributed by atoms with E-state index in [1.165, 1.54) is 22.3 Å². The van der Waals surface area contributed by atoms with Crippen molar-refractivity contribution in [3.05, 3.63) is 58.1 Å². The van der Waals surface area contributed by atoms with E-state index >= 15 is 0 Å². The molecule has 2 aromatic rings. The highest BCUT2D eigenvalue weighted by atomic mass is 79.9. The topological polar surface area (TPSA) is 0 Å². The van der Waals surface area contributed by atoms with Crippen molar-refractivity contribution in [2.75, 3.05) is 0 Å². The molecule has 0 fully saturated rings. The van der Waals surface area contributed by atoms with Gasteiger partial charge in [0, 0.05) is 4.47 Å². The number of halogens is 1. The third-order valence-corrected chi connectivity index (χ3v) is 3.02. The molecule has 15 heavy (non-hydrogen) atoms. The molecule has 0 heterocycles. The number of benzene rings is 2. The molecule has 0 spiro atoms. The molecule has 0 amide bonds. The first-order chi connectivity index (χ1) is 7.18. The predicted octanol–water partition coefficient (Wildman–Crippen LogP) is 4.73. The van der Waals surface area contributed by atoms with Crippen molar-refractivity contribution in [2.45, 2.75) is 13.8 Å². The van der Waals surface area contributed by atoms with Gasteiger partial charge in [-0.2, -0.15) is 0 Å². The van der Waals surface area contributed by atoms with Crippen LogP contribution in [0.2, 0.25) is 0 Å². The van der Waals surface area contributed by atoms with E-state index in [1.807, 2.05) is 6.07 Å². The molecule has 76 valence electrons. The lowest BCUT2D eigenvalue weighted by Crippen LogP contribution is -1.88. The summed E-state index contributed by atoms with van der Waals surface area (Å²) in [4.78, 5) is 0. The standard InChI is InChI=1S/C14H13Br/c1-10-8-13(15)9-11(2)14(10)12-6-4-3-5-7-12/h3-9H,1-2H3. The summed E-state index contributed by atoms with van der Waals surface area (Å²) in [6, 6.07) is 14.8. The summed E-state index contributed by atoms with van der Waals surface area (Å²) in [6.07, 6.45) is 0. The van der Waals surface area contributed by atoms with Crippen LogP contribution in [0.4, 0.5) is 0 Å². The van der Waals surface area contributed by atoms with E-state index in [1.54, 1.807) is 0 Å². The van der Waals surface area contributed by atoms with Gasteiger partial charge in [0.05, 0.1) is 0 Å². The molecule has 0 radical (unpaired) electrons. The highest BCUT2D eigenvalue weighted by Crippen LogP contribution is 2.29. The number of aryl methyl sites for hydroxylation is 2. The zero-order valence-corrected chi connectivity index (χ0v) is 10.5. The molecule has 0 nitrogen and oxygen atoms in total. The smallest absolute Gasteiger partial charge is 0.0180 e. The van der Waals surface area contributed by atoms with Crippen molar-refractivity contribution in [3.8, 4) is 11.1 Å². The van der Waals surface area contributed by atoms with E-state index in [0.717, 1.165) is 4.47 Å². The lowest BCUT2D eigenvalue weighted by molar-refractivity contribution is 1.36. The first-order valence-electron chi connectivity index (χ1n) is 5.00. The molecule has 0 aliphatic carbocycles. The molecule has 0 saturated carbocycles. The van der Waals surface area contributed by atoms with Gasteiger partial charge < -0.3 is 0 Å². The van der Waals surface area contributed by atoms with Crippen LogP contribution in [-0.2, 0) is 0 Å². The predicted molar refractivity (Wildman–Crippen MR) is 69.1 cm³/mol. The van der Waals surface area contributed by atoms with Crippen LogP contribution in [0.1, 0.15) is 11.1 Å². The molecule has 0 atom stereocenters. The van der Waals surface area contributed by atoms with E-state index in [9.17, 15) is 0 Å². The molecule has 2 aromatic carbocycles. The molecule has 0 saturated heterocycles. The Kier molecular flexibility index (Phi) is 2.92. The van der Waals surface area contributed by atoms with E-state index in [0.29, 0.717) is 0 Å². The molecule has 0 unspecified atom stereocenters. The quantitative estimate of drug-likeness (QED) is 0.696. The molecule has 1 heteroatoms. The Morgan fingerprint density at radius 2 is 1.40 bits per heavy atom. The van der Waals surface area contributed by atoms with Crippen LogP contribution in [0.5, 0.6) is 0 Å². The van der Waals surface area contributed by atoms with Gasteiger partial charge in [-0.3, -0.25) is 0 Å². The first-order valence-corrected chi connectivity index (χ1v) is 5.80. The molecule has 0 aliphatic rings. The summed E-state index contributed by atoms with van der Waals surface area (Å²) in [5.74, 6) is 0. The van der Waals surface area contributed by atoms with Crippen molar-refractivity contribution in [1.29, 1.82) is 0 Å². The summed E-state index contributed by atoms with van der Waals surface area (Å²) in [5, 5.41) is 0. The van der Waals surface area contributed by atoms with Crippen molar-refractivity contribution in [3.63, 3.8) is 0 Å². The van der Waals surface area contributed by atoms with Gasteiger partial charge in [0.2, 0.25) is 0 Å². The van der Waals surface area contributed by atoms with Crippen LogP contribution in [-0.4, -0.2) is 0 Å². The Morgan fingerprint density at radius 1 is 0.867 bits per heavy atom. The summed E-state index contributed by atoms with van der Waals surface area (Å²) in [7, 11) is 0. The molecule has 0 aromatic heterocycles. The van der Waals surface area contributed by atoms with Gasteiger partial charge in [-0.25, -0.2) is 0 Å². The summed E-state index contributed by atoms with van der Waals surface area (Å²) < 4.78 is 1.15. The lowest BCUT2D eigenvalue weighted by Gasteiger charge is -2.10. The third-order valence-electron chi connectivity index (χ3n) is 2.56. The van der Waals surface area contributed by atoms with E-state index in [4.69, 9.17) is 0 Å². The Bertz CT molecular complexity index is 449. The minimum Gasteiger partial charge on any atom is -0.0622 e. The Hall–Kier alpha value is -1.08. The second kappa shape index (κ2) is 4.19. The Labute approximate surface area is 99.1 Å². The number of rotatable bonds is 1. The molecule has 0 bridgehead atoms. The molecular weight excluding hydrogens is 248 g/mol. The molecule has 2 rings (SSSR count). The SMILES string of the molecule is Cc1cc(Br)cc(C)c1-c1ccccc1. The second-order valence-electron chi connectivity index (χ2n) is 3.78. The second-order valence-corrected chi connectivity index (χ2v) is 4.70. The minimum absolute atomic E-state index is 1.15. The van der Waals surface area contributed by atoms with Crippen LogP contribution in [0, 0.1) is 13.8 Å². The summed E-state index contributed by atoms with van der Waals surface area (Å²) >= 11 is 3.52. The largest absolute Gasteiger partial charge is 0.0622 e. The van der Waals surface area contributed by atoms with Gasteiger partial charge in [-0.05, 0) is 48.2 Å². The fourth-order valence-electron chi connectivity index (χ4n) is 1.97. The average Bonchev–Trinajstić information content (AvgIpc) is 2.17. The number of hydrogen-bond donors (Lipinski definition) is 0. The monoisotopic (exact) mass is 260 g/mol. The summed E-state index contributed by atoms with van der Waals surface area (Å²) in [6.45, 7) is 4.31. The molecule has 0 aliphatic heterocycles. The lowest BCUT2D eigenvalue weighted by atomic mass is 9.96.